The van der Waals surface area contributed by atoms with Gasteiger partial charge in [0.15, 0.2) is 0 Å². The van der Waals surface area contributed by atoms with Crippen LogP contribution in [0.5, 0.6) is 0 Å². The third-order valence-corrected chi connectivity index (χ3v) is 3.47. The predicted octanol–water partition coefficient (Wildman–Crippen LogP) is 2.58. The maximum absolute atomic E-state index is 11.5. The average Bonchev–Trinajstić information content (AvgIpc) is 2.23. The molecule has 1 atom stereocenters. The number of esters is 1. The SMILES string of the molecule is CCCCCSCCC(C)(N)C(=O)OCC. The number of hydrogen-bond acceptors (Lipinski definition) is 4. The molecular formula is C12H25NO2S. The van der Waals surface area contributed by atoms with Gasteiger partial charge in [0.25, 0.3) is 0 Å². The van der Waals surface area contributed by atoms with Crippen molar-refractivity contribution in [2.24, 2.45) is 5.73 Å². The van der Waals surface area contributed by atoms with Crippen LogP contribution in [0.2, 0.25) is 0 Å². The number of unbranched alkanes of at least 4 members (excludes halogenated alkanes) is 2. The molecule has 0 aliphatic carbocycles. The summed E-state index contributed by atoms with van der Waals surface area (Å²) in [5, 5.41) is 0. The van der Waals surface area contributed by atoms with E-state index >= 15 is 0 Å². The number of hydrogen-bond donors (Lipinski definition) is 1. The van der Waals surface area contributed by atoms with Crippen molar-refractivity contribution in [3.8, 4) is 0 Å². The van der Waals surface area contributed by atoms with E-state index in [2.05, 4.69) is 6.92 Å². The second-order valence-corrected chi connectivity index (χ2v) is 5.43. The molecule has 0 saturated heterocycles. The van der Waals surface area contributed by atoms with Gasteiger partial charge in [-0.1, -0.05) is 19.8 Å². The summed E-state index contributed by atoms with van der Waals surface area (Å²) in [5.74, 6) is 1.80. The van der Waals surface area contributed by atoms with Gasteiger partial charge in [-0.25, -0.2) is 0 Å². The number of carbonyl (C=O) groups is 1. The van der Waals surface area contributed by atoms with Crippen LogP contribution in [0.4, 0.5) is 0 Å². The predicted molar refractivity (Wildman–Crippen MR) is 70.7 cm³/mol. The third kappa shape index (κ3) is 7.12. The Balaban J connectivity index is 3.61. The van der Waals surface area contributed by atoms with E-state index in [0.717, 1.165) is 11.5 Å². The van der Waals surface area contributed by atoms with Crippen molar-refractivity contribution in [2.75, 3.05) is 18.1 Å². The summed E-state index contributed by atoms with van der Waals surface area (Å²) in [5.41, 5.74) is 5.07. The van der Waals surface area contributed by atoms with Crippen LogP contribution in [0.1, 0.15) is 46.5 Å². The zero-order valence-corrected chi connectivity index (χ0v) is 11.6. The molecule has 0 aliphatic rings. The van der Waals surface area contributed by atoms with Gasteiger partial charge in [0.05, 0.1) is 6.61 Å². The van der Waals surface area contributed by atoms with Gasteiger partial charge in [0.2, 0.25) is 0 Å². The van der Waals surface area contributed by atoms with Crippen molar-refractivity contribution in [3.05, 3.63) is 0 Å². The molecule has 0 amide bonds. The highest BCUT2D eigenvalue weighted by molar-refractivity contribution is 7.99. The molecule has 16 heavy (non-hydrogen) atoms. The maximum atomic E-state index is 11.5. The Labute approximate surface area is 103 Å². The Kier molecular flexibility index (Phi) is 8.76. The lowest BCUT2D eigenvalue weighted by Crippen LogP contribution is -2.46. The molecule has 0 fully saturated rings. The Hall–Kier alpha value is -0.220. The molecule has 0 aromatic rings. The van der Waals surface area contributed by atoms with Gasteiger partial charge in [0.1, 0.15) is 5.54 Å². The van der Waals surface area contributed by atoms with Crippen molar-refractivity contribution >= 4 is 17.7 Å². The first-order valence-electron chi connectivity index (χ1n) is 6.08. The normalized spacial score (nSPS) is 14.5. The van der Waals surface area contributed by atoms with Crippen LogP contribution in [0.25, 0.3) is 0 Å². The number of ether oxygens (including phenoxy) is 1. The van der Waals surface area contributed by atoms with Crippen molar-refractivity contribution in [3.63, 3.8) is 0 Å². The van der Waals surface area contributed by atoms with E-state index in [-0.39, 0.29) is 5.97 Å². The van der Waals surface area contributed by atoms with E-state index in [0.29, 0.717) is 13.0 Å². The Morgan fingerprint density at radius 1 is 1.31 bits per heavy atom. The second kappa shape index (κ2) is 8.88. The molecule has 3 nitrogen and oxygen atoms in total. The van der Waals surface area contributed by atoms with Gasteiger partial charge in [-0.05, 0) is 38.2 Å². The van der Waals surface area contributed by atoms with Gasteiger partial charge in [-0.2, -0.15) is 11.8 Å². The monoisotopic (exact) mass is 247 g/mol. The van der Waals surface area contributed by atoms with Crippen LogP contribution in [0, 0.1) is 0 Å². The molecule has 0 bridgehead atoms. The first-order valence-corrected chi connectivity index (χ1v) is 7.24. The second-order valence-electron chi connectivity index (χ2n) is 4.21. The van der Waals surface area contributed by atoms with Gasteiger partial charge in [-0.15, -0.1) is 0 Å². The molecule has 0 spiro atoms. The van der Waals surface area contributed by atoms with E-state index in [1.54, 1.807) is 13.8 Å². The highest BCUT2D eigenvalue weighted by atomic mass is 32.2. The molecule has 0 aliphatic heterocycles. The Morgan fingerprint density at radius 3 is 2.56 bits per heavy atom. The van der Waals surface area contributed by atoms with Gasteiger partial charge in [-0.3, -0.25) is 4.79 Å². The smallest absolute Gasteiger partial charge is 0.325 e. The van der Waals surface area contributed by atoms with E-state index in [9.17, 15) is 4.79 Å². The van der Waals surface area contributed by atoms with Crippen molar-refractivity contribution in [2.45, 2.75) is 52.0 Å². The first kappa shape index (κ1) is 15.8. The molecule has 0 rings (SSSR count). The molecule has 1 unspecified atom stereocenters. The third-order valence-electron chi connectivity index (χ3n) is 2.40. The fourth-order valence-electron chi connectivity index (χ4n) is 1.24. The number of thioether (sulfide) groups is 1. The Morgan fingerprint density at radius 2 is 2.00 bits per heavy atom. The average molecular weight is 247 g/mol. The topological polar surface area (TPSA) is 52.3 Å². The molecule has 2 N–H and O–H groups in total. The first-order chi connectivity index (χ1) is 7.54. The standard InChI is InChI=1S/C12H25NO2S/c1-4-6-7-9-16-10-8-12(3,13)11(14)15-5-2/h4-10,13H2,1-3H3. The maximum Gasteiger partial charge on any atom is 0.325 e. The lowest BCUT2D eigenvalue weighted by Gasteiger charge is -2.21. The minimum Gasteiger partial charge on any atom is -0.465 e. The van der Waals surface area contributed by atoms with E-state index in [4.69, 9.17) is 10.5 Å². The summed E-state index contributed by atoms with van der Waals surface area (Å²) in [4.78, 5) is 11.5. The highest BCUT2D eigenvalue weighted by Crippen LogP contribution is 2.15. The number of carbonyl (C=O) groups excluding carboxylic acids is 1. The molecule has 0 saturated carbocycles. The van der Waals surface area contributed by atoms with Crippen LogP contribution in [0.3, 0.4) is 0 Å². The number of rotatable bonds is 9. The van der Waals surface area contributed by atoms with E-state index in [1.807, 2.05) is 11.8 Å². The molecular weight excluding hydrogens is 222 g/mol. The Bertz CT molecular complexity index is 195. The van der Waals surface area contributed by atoms with Crippen LogP contribution in [0.15, 0.2) is 0 Å². The van der Waals surface area contributed by atoms with Crippen LogP contribution in [-0.4, -0.2) is 29.6 Å². The fraction of sp³-hybridized carbons (Fsp3) is 0.917. The lowest BCUT2D eigenvalue weighted by molar-refractivity contribution is -0.149. The minimum atomic E-state index is -0.826. The zero-order valence-electron chi connectivity index (χ0n) is 10.8. The quantitative estimate of drug-likeness (QED) is 0.502. The van der Waals surface area contributed by atoms with Gasteiger partial charge < -0.3 is 10.5 Å². The molecule has 0 heterocycles. The minimum absolute atomic E-state index is 0.288. The zero-order chi connectivity index (χ0) is 12.4. The van der Waals surface area contributed by atoms with Gasteiger partial charge >= 0.3 is 5.97 Å². The molecule has 96 valence electrons. The lowest BCUT2D eigenvalue weighted by atomic mass is 10.0. The van der Waals surface area contributed by atoms with E-state index < -0.39 is 5.54 Å². The van der Waals surface area contributed by atoms with Gasteiger partial charge in [0, 0.05) is 0 Å². The molecule has 0 aromatic carbocycles. The summed E-state index contributed by atoms with van der Waals surface area (Å²) < 4.78 is 4.93. The summed E-state index contributed by atoms with van der Waals surface area (Å²) in [6.07, 6.45) is 4.47. The summed E-state index contributed by atoms with van der Waals surface area (Å²) in [6, 6.07) is 0. The van der Waals surface area contributed by atoms with Crippen molar-refractivity contribution < 1.29 is 9.53 Å². The van der Waals surface area contributed by atoms with Crippen LogP contribution < -0.4 is 5.73 Å². The highest BCUT2D eigenvalue weighted by Gasteiger charge is 2.29. The van der Waals surface area contributed by atoms with Crippen molar-refractivity contribution in [1.29, 1.82) is 0 Å². The molecule has 0 radical (unpaired) electrons. The fourth-order valence-corrected chi connectivity index (χ4v) is 2.42. The van der Waals surface area contributed by atoms with E-state index in [1.165, 1.54) is 19.3 Å². The summed E-state index contributed by atoms with van der Waals surface area (Å²) in [7, 11) is 0. The molecule has 0 aromatic heterocycles. The van der Waals surface area contributed by atoms with Crippen LogP contribution in [-0.2, 0) is 9.53 Å². The number of nitrogens with two attached hydrogens (primary N) is 1. The molecule has 4 heteroatoms. The van der Waals surface area contributed by atoms with Crippen molar-refractivity contribution in [1.82, 2.24) is 0 Å². The largest absolute Gasteiger partial charge is 0.465 e. The van der Waals surface area contributed by atoms with Crippen LogP contribution >= 0.6 is 11.8 Å². The summed E-state index contributed by atoms with van der Waals surface area (Å²) >= 11 is 1.87. The summed E-state index contributed by atoms with van der Waals surface area (Å²) in [6.45, 7) is 6.14.